The Hall–Kier alpha value is -1.36. The highest BCUT2D eigenvalue weighted by molar-refractivity contribution is 5.49. The first-order chi connectivity index (χ1) is 8.74. The molecule has 1 aromatic rings. The lowest BCUT2D eigenvalue weighted by Gasteiger charge is -2.34. The molecule has 0 aromatic carbocycles. The molecular weight excluding hydrogens is 228 g/mol. The van der Waals surface area contributed by atoms with Crippen LogP contribution in [0.2, 0.25) is 0 Å². The van der Waals surface area contributed by atoms with Crippen LogP contribution in [-0.2, 0) is 4.74 Å². The highest BCUT2D eigenvalue weighted by Crippen LogP contribution is 2.23. The molecule has 1 unspecified atom stereocenters. The van der Waals surface area contributed by atoms with Gasteiger partial charge in [-0.15, -0.1) is 0 Å². The van der Waals surface area contributed by atoms with Gasteiger partial charge in [-0.25, -0.2) is 4.98 Å². The third-order valence-electron chi connectivity index (χ3n) is 3.25. The van der Waals surface area contributed by atoms with E-state index in [0.29, 0.717) is 12.1 Å². The number of aromatic nitrogens is 2. The van der Waals surface area contributed by atoms with E-state index in [0.717, 1.165) is 43.9 Å². The molecule has 0 bridgehead atoms. The van der Waals surface area contributed by atoms with Gasteiger partial charge >= 0.3 is 0 Å². The molecule has 0 saturated carbocycles. The molecule has 1 N–H and O–H groups in total. The second-order valence-electron chi connectivity index (χ2n) is 4.62. The fraction of sp³-hybridized carbons (Fsp3) is 0.692. The summed E-state index contributed by atoms with van der Waals surface area (Å²) in [7, 11) is 1.84. The van der Waals surface area contributed by atoms with Crippen LogP contribution in [0.1, 0.15) is 25.3 Å². The van der Waals surface area contributed by atoms with E-state index in [1.165, 1.54) is 0 Å². The van der Waals surface area contributed by atoms with Crippen LogP contribution in [0.25, 0.3) is 0 Å². The van der Waals surface area contributed by atoms with E-state index in [1.54, 1.807) is 0 Å². The summed E-state index contributed by atoms with van der Waals surface area (Å²) < 4.78 is 5.73. The van der Waals surface area contributed by atoms with E-state index >= 15 is 0 Å². The number of hydrogen-bond donors (Lipinski definition) is 1. The minimum Gasteiger partial charge on any atom is -0.377 e. The Labute approximate surface area is 109 Å². The van der Waals surface area contributed by atoms with Gasteiger partial charge < -0.3 is 15.0 Å². The SMILES string of the molecule is CCOC1CCCN(c2nc(NC)ncc2C)C1. The first kappa shape index (κ1) is 13.1. The van der Waals surface area contributed by atoms with Gasteiger partial charge in [0.25, 0.3) is 0 Å². The number of hydrogen-bond acceptors (Lipinski definition) is 5. The molecule has 0 spiro atoms. The second-order valence-corrected chi connectivity index (χ2v) is 4.62. The topological polar surface area (TPSA) is 50.3 Å². The van der Waals surface area contributed by atoms with Crippen LogP contribution in [-0.4, -0.2) is 42.8 Å². The molecule has 1 atom stereocenters. The van der Waals surface area contributed by atoms with Gasteiger partial charge in [0.05, 0.1) is 6.10 Å². The van der Waals surface area contributed by atoms with Gasteiger partial charge in [0, 0.05) is 38.5 Å². The zero-order chi connectivity index (χ0) is 13.0. The monoisotopic (exact) mass is 250 g/mol. The predicted molar refractivity (Wildman–Crippen MR) is 73.2 cm³/mol. The van der Waals surface area contributed by atoms with Crippen LogP contribution in [0, 0.1) is 6.92 Å². The van der Waals surface area contributed by atoms with Crippen molar-refractivity contribution in [1.29, 1.82) is 0 Å². The molecular formula is C13H22N4O. The summed E-state index contributed by atoms with van der Waals surface area (Å²) in [6.07, 6.45) is 4.51. The summed E-state index contributed by atoms with van der Waals surface area (Å²) in [5.41, 5.74) is 1.12. The zero-order valence-electron chi connectivity index (χ0n) is 11.4. The van der Waals surface area contributed by atoms with Gasteiger partial charge in [-0.05, 0) is 26.7 Å². The lowest BCUT2D eigenvalue weighted by Crippen LogP contribution is -2.40. The van der Waals surface area contributed by atoms with Crippen molar-refractivity contribution < 1.29 is 4.74 Å². The Morgan fingerprint density at radius 1 is 1.56 bits per heavy atom. The second kappa shape index (κ2) is 6.00. The van der Waals surface area contributed by atoms with Crippen LogP contribution in [0.5, 0.6) is 0 Å². The quantitative estimate of drug-likeness (QED) is 0.883. The van der Waals surface area contributed by atoms with Gasteiger partial charge in [0.2, 0.25) is 5.95 Å². The van der Waals surface area contributed by atoms with Crippen LogP contribution in [0.15, 0.2) is 6.20 Å². The number of ether oxygens (including phenoxy) is 1. The van der Waals surface area contributed by atoms with Crippen molar-refractivity contribution in [3.8, 4) is 0 Å². The van der Waals surface area contributed by atoms with Crippen molar-refractivity contribution in [3.05, 3.63) is 11.8 Å². The summed E-state index contributed by atoms with van der Waals surface area (Å²) in [6.45, 7) is 6.86. The predicted octanol–water partition coefficient (Wildman–Crippen LogP) is 1.83. The smallest absolute Gasteiger partial charge is 0.224 e. The number of piperidine rings is 1. The first-order valence-electron chi connectivity index (χ1n) is 6.62. The first-order valence-corrected chi connectivity index (χ1v) is 6.62. The van der Waals surface area contributed by atoms with E-state index in [9.17, 15) is 0 Å². The van der Waals surface area contributed by atoms with Crippen molar-refractivity contribution in [3.63, 3.8) is 0 Å². The summed E-state index contributed by atoms with van der Waals surface area (Å²) in [5, 5.41) is 2.99. The van der Waals surface area contributed by atoms with Gasteiger partial charge in [0.1, 0.15) is 5.82 Å². The van der Waals surface area contributed by atoms with E-state index in [-0.39, 0.29) is 0 Å². The minimum absolute atomic E-state index is 0.330. The third kappa shape index (κ3) is 2.90. The van der Waals surface area contributed by atoms with Crippen LogP contribution in [0.4, 0.5) is 11.8 Å². The largest absolute Gasteiger partial charge is 0.377 e. The Morgan fingerprint density at radius 3 is 3.11 bits per heavy atom. The highest BCUT2D eigenvalue weighted by atomic mass is 16.5. The van der Waals surface area contributed by atoms with Crippen molar-refractivity contribution in [2.24, 2.45) is 0 Å². The maximum absolute atomic E-state index is 5.73. The maximum Gasteiger partial charge on any atom is 0.224 e. The molecule has 1 saturated heterocycles. The van der Waals surface area contributed by atoms with Gasteiger partial charge in [0.15, 0.2) is 0 Å². The van der Waals surface area contributed by atoms with E-state index in [1.807, 2.05) is 20.2 Å². The average molecular weight is 250 g/mol. The Balaban J connectivity index is 2.14. The summed E-state index contributed by atoms with van der Waals surface area (Å²) in [5.74, 6) is 1.70. The summed E-state index contributed by atoms with van der Waals surface area (Å²) in [4.78, 5) is 11.1. The van der Waals surface area contributed by atoms with Gasteiger partial charge in [-0.1, -0.05) is 0 Å². The molecule has 0 aliphatic carbocycles. The van der Waals surface area contributed by atoms with E-state index in [2.05, 4.69) is 27.1 Å². The van der Waals surface area contributed by atoms with Gasteiger partial charge in [-0.2, -0.15) is 4.98 Å². The van der Waals surface area contributed by atoms with Gasteiger partial charge in [-0.3, -0.25) is 0 Å². The molecule has 0 radical (unpaired) electrons. The third-order valence-corrected chi connectivity index (χ3v) is 3.25. The number of nitrogens with one attached hydrogen (secondary N) is 1. The molecule has 2 heterocycles. The molecule has 1 aliphatic rings. The lowest BCUT2D eigenvalue weighted by molar-refractivity contribution is 0.0525. The molecule has 1 aromatic heterocycles. The van der Waals surface area contributed by atoms with Crippen LogP contribution in [0.3, 0.4) is 0 Å². The fourth-order valence-electron chi connectivity index (χ4n) is 2.38. The highest BCUT2D eigenvalue weighted by Gasteiger charge is 2.22. The average Bonchev–Trinajstić information content (AvgIpc) is 2.40. The molecule has 5 nitrogen and oxygen atoms in total. The Kier molecular flexibility index (Phi) is 4.36. The fourth-order valence-corrected chi connectivity index (χ4v) is 2.38. The minimum atomic E-state index is 0.330. The number of anilines is 2. The lowest BCUT2D eigenvalue weighted by atomic mass is 10.1. The van der Waals surface area contributed by atoms with Crippen LogP contribution >= 0.6 is 0 Å². The maximum atomic E-state index is 5.73. The standard InChI is InChI=1S/C13H22N4O/c1-4-18-11-6-5-7-17(9-11)12-10(2)8-15-13(14-3)16-12/h8,11H,4-7,9H2,1-3H3,(H,14,15,16). The molecule has 5 heteroatoms. The molecule has 1 aliphatic heterocycles. The normalized spacial score (nSPS) is 19.9. The van der Waals surface area contributed by atoms with E-state index in [4.69, 9.17) is 4.74 Å². The van der Waals surface area contributed by atoms with Crippen molar-refractivity contribution in [1.82, 2.24) is 9.97 Å². The molecule has 0 amide bonds. The van der Waals surface area contributed by atoms with Crippen molar-refractivity contribution >= 4 is 11.8 Å². The molecule has 18 heavy (non-hydrogen) atoms. The van der Waals surface area contributed by atoms with Crippen molar-refractivity contribution in [2.45, 2.75) is 32.8 Å². The van der Waals surface area contributed by atoms with Crippen LogP contribution < -0.4 is 10.2 Å². The number of rotatable bonds is 4. The zero-order valence-corrected chi connectivity index (χ0v) is 11.4. The van der Waals surface area contributed by atoms with E-state index < -0.39 is 0 Å². The molecule has 100 valence electrons. The summed E-state index contributed by atoms with van der Waals surface area (Å²) >= 11 is 0. The Bertz CT molecular complexity index is 395. The summed E-state index contributed by atoms with van der Waals surface area (Å²) in [6, 6.07) is 0. The van der Waals surface area contributed by atoms with Crippen molar-refractivity contribution in [2.75, 3.05) is 37.0 Å². The molecule has 2 rings (SSSR count). The Morgan fingerprint density at radius 2 is 2.39 bits per heavy atom. The number of aryl methyl sites for hydroxylation is 1. The number of nitrogens with zero attached hydrogens (tertiary/aromatic N) is 3. The molecule has 1 fully saturated rings.